The molecular formula is C99H130BrCl2N16NaO18. The second-order valence-electron chi connectivity index (χ2n) is 32.8. The first-order valence-corrected chi connectivity index (χ1v) is 45.9. The third-order valence-corrected chi connectivity index (χ3v) is 22.7. The largest absolute Gasteiger partial charge is 1.00 e. The molecule has 0 spiro atoms. The number of amides is 1. The van der Waals surface area contributed by atoms with E-state index in [1.54, 1.807) is 55.0 Å². The Morgan fingerprint density at radius 1 is 0.489 bits per heavy atom. The minimum Gasteiger partial charge on any atom is -0.870 e. The normalized spacial score (nSPS) is 15.5. The Balaban J connectivity index is 0.000000282. The van der Waals surface area contributed by atoms with Crippen molar-refractivity contribution in [2.45, 2.75) is 141 Å². The molecule has 1 amide bonds. The number of nitrogens with one attached hydrogen (secondary N) is 3. The van der Waals surface area contributed by atoms with Crippen LogP contribution in [0.25, 0.3) is 33.8 Å². The number of esters is 2. The molecular weight excluding hydrogens is 1870 g/mol. The van der Waals surface area contributed by atoms with Crippen LogP contribution in [0.2, 0.25) is 0 Å². The molecule has 736 valence electrons. The van der Waals surface area contributed by atoms with Gasteiger partial charge in [0.2, 0.25) is 0 Å². The summed E-state index contributed by atoms with van der Waals surface area (Å²) in [6.07, 6.45) is 22.3. The molecule has 11 N–H and O–H groups in total. The van der Waals surface area contributed by atoms with Gasteiger partial charge in [0, 0.05) is 164 Å². The number of nitrogens with zero attached hydrogens (tertiary/aromatic N) is 10. The van der Waals surface area contributed by atoms with E-state index in [-0.39, 0.29) is 102 Å². The number of ketones is 2. The van der Waals surface area contributed by atoms with Crippen molar-refractivity contribution in [1.82, 2.24) is 49.6 Å². The fraction of sp³-hybridized carbons (Fsp3) is 0.444. The molecule has 4 aromatic carbocycles. The van der Waals surface area contributed by atoms with Gasteiger partial charge in [0.15, 0.2) is 5.78 Å². The predicted octanol–water partition coefficient (Wildman–Crippen LogP) is 14.2. The number of carbonyl (C=O) groups is 6. The predicted molar refractivity (Wildman–Crippen MR) is 527 cm³/mol. The van der Waals surface area contributed by atoms with Gasteiger partial charge in [-0.3, -0.25) is 24.5 Å². The summed E-state index contributed by atoms with van der Waals surface area (Å²) in [4.78, 5) is 79.3. The topological polar surface area (TPSA) is 475 Å². The van der Waals surface area contributed by atoms with Crippen LogP contribution in [0, 0.1) is 29.1 Å². The molecule has 137 heavy (non-hydrogen) atoms. The SMILES string of the molecule is CC(C)(C)OC(=O)NCC1CCOCC1.COC(=O)c1ccncc1Br.COC(=O)c1ccncc1Nc1cc(-c2ccccc2)nn1C1CCOCC1.Cl.Cl.N#CCC(=O)c1ccccc1.NCC1CCOCC1.NCC1CCOCC1.Nc1cc(-c2ccccc2)nn1C1CCOCC1.O=C(O)c1ccncc1Nc1cc(-c2ccccc2)nn1C1CCOCC1.O=C1CCOCC1.[Na+].[OH-]. The second-order valence-corrected chi connectivity index (χ2v) is 33.6. The van der Waals surface area contributed by atoms with Crippen molar-refractivity contribution in [2.24, 2.45) is 29.2 Å². The van der Waals surface area contributed by atoms with Crippen LogP contribution >= 0.6 is 40.7 Å². The van der Waals surface area contributed by atoms with Gasteiger partial charge in [-0.05, 0) is 163 Å². The van der Waals surface area contributed by atoms with Crippen LogP contribution in [-0.2, 0) is 52.2 Å². The van der Waals surface area contributed by atoms with Gasteiger partial charge in [0.05, 0.1) is 120 Å². The van der Waals surface area contributed by atoms with Crippen LogP contribution in [0.4, 0.5) is 33.6 Å². The molecule has 7 fully saturated rings. The van der Waals surface area contributed by atoms with E-state index >= 15 is 0 Å². The van der Waals surface area contributed by atoms with Crippen LogP contribution in [0.15, 0.2) is 199 Å². The Hall–Kier alpha value is -10.5. The standard InChI is InChI=1S/C21H22N4O3.C20H20N4O3.C14H17N3O.C11H21NO3.C9H7NO.C7H6BrNO2.2C6H13NO.C5H8O2.2ClH.Na.H2O/c1-27-21(26)17-7-10-22-14-19(17)23-20-13-18(15-5-3-2-4-6-15)24-25(20)16-8-11-28-12-9-16;25-20(26)16-6-9-21-13-18(16)22-19-12-17(14-4-2-1-3-5-14)23-24(19)15-7-10-27-11-8-15;15-14-10-13(11-4-2-1-3-5-11)16-17(14)12-6-8-18-9-7-12;1-11(2,3)15-10(13)12-8-9-4-6-14-7-5-9;10-7-6-9(11)8-4-2-1-3-5-8;1-11-7(10)5-2-3-9-4-6(5)8;2*7-5-6-1-3-8-4-2-6;6-5-1-3-7-4-2-5;;;;/h2-7,10,13-14,16,23H,8-9,11-12H2,1H3;1-6,9,12-13,15,22H,7-8,10-11H2,(H,25,26);1-5,10,12H,6-9,15H2;9H,4-8H2,1-3H3,(H,12,13);1-5H,6H2;2-4H,1H3;2*6H,1-5,7H2;1-4H2;2*1H;;1H2/q;;;;;;;;;;;+1;/p-1. The van der Waals surface area contributed by atoms with Crippen LogP contribution < -0.4 is 62.7 Å². The third kappa shape index (κ3) is 41.2. The fourth-order valence-corrected chi connectivity index (χ4v) is 14.9. The zero-order valence-corrected chi connectivity index (χ0v) is 84.1. The number of hydrogen-bond acceptors (Lipinski definition) is 29. The Morgan fingerprint density at radius 3 is 1.20 bits per heavy atom. The molecule has 7 aliphatic rings. The van der Waals surface area contributed by atoms with E-state index in [1.165, 1.54) is 38.9 Å². The molecule has 17 rings (SSSR count). The monoisotopic (exact) mass is 2000 g/mol. The molecule has 0 unspecified atom stereocenters. The Morgan fingerprint density at radius 2 is 0.832 bits per heavy atom. The Kier molecular flexibility index (Phi) is 55.9. The number of carbonyl (C=O) groups excluding carboxylic acids is 5. The van der Waals surface area contributed by atoms with Gasteiger partial charge in [0.1, 0.15) is 28.8 Å². The van der Waals surface area contributed by atoms with Crippen molar-refractivity contribution in [2.75, 3.05) is 143 Å². The molecule has 7 aliphatic heterocycles. The number of halogens is 3. The quantitative estimate of drug-likeness (QED) is 0.0171. The number of aromatic nitrogens is 9. The minimum absolute atomic E-state index is 0. The number of carboxylic acids is 1. The number of Topliss-reactive ketones (excluding diaryl/α,β-unsaturated/α-hetero) is 2. The Bertz CT molecular complexity index is 5140. The van der Waals surface area contributed by atoms with Crippen LogP contribution in [-0.4, -0.2) is 222 Å². The number of nitriles is 1. The molecule has 0 aliphatic carbocycles. The number of nitrogen functional groups attached to an aromatic ring is 1. The number of aromatic carboxylic acids is 1. The van der Waals surface area contributed by atoms with Gasteiger partial charge in [-0.2, -0.15) is 20.6 Å². The summed E-state index contributed by atoms with van der Waals surface area (Å²) in [5, 5.41) is 41.3. The van der Waals surface area contributed by atoms with Crippen LogP contribution in [0.5, 0.6) is 0 Å². The van der Waals surface area contributed by atoms with Gasteiger partial charge in [0.25, 0.3) is 0 Å². The van der Waals surface area contributed by atoms with E-state index in [9.17, 15) is 33.9 Å². The molecule has 38 heteroatoms. The summed E-state index contributed by atoms with van der Waals surface area (Å²) < 4.78 is 57.9. The Labute approximate surface area is 844 Å². The number of carboxylic acid groups (broad SMARTS) is 1. The summed E-state index contributed by atoms with van der Waals surface area (Å²) in [5.74, 6) is 2.75. The van der Waals surface area contributed by atoms with Gasteiger partial charge in [-0.25, -0.2) is 33.2 Å². The average Bonchev–Trinajstić information content (AvgIpc) is 1.39. The summed E-state index contributed by atoms with van der Waals surface area (Å²) in [6, 6.07) is 52.1. The molecule has 0 saturated carbocycles. The number of hydrogen-bond donors (Lipinski definition) is 7. The summed E-state index contributed by atoms with van der Waals surface area (Å²) >= 11 is 3.17. The van der Waals surface area contributed by atoms with E-state index in [0.29, 0.717) is 109 Å². The molecule has 13 heterocycles. The van der Waals surface area contributed by atoms with Gasteiger partial charge in [-0.1, -0.05) is 121 Å². The van der Waals surface area contributed by atoms with E-state index in [4.69, 9.17) is 75.3 Å². The molecule has 6 aromatic heterocycles. The van der Waals surface area contributed by atoms with Crippen molar-refractivity contribution in [3.05, 3.63) is 222 Å². The van der Waals surface area contributed by atoms with Gasteiger partial charge < -0.3 is 91.1 Å². The number of nitrogens with two attached hydrogens (primary N) is 3. The van der Waals surface area contributed by atoms with Crippen molar-refractivity contribution in [3.8, 4) is 39.8 Å². The third-order valence-electron chi connectivity index (χ3n) is 22.0. The molecule has 0 bridgehead atoms. The number of benzene rings is 4. The van der Waals surface area contributed by atoms with Crippen molar-refractivity contribution < 1.29 is 116 Å². The van der Waals surface area contributed by atoms with E-state index < -0.39 is 17.5 Å². The van der Waals surface area contributed by atoms with Crippen molar-refractivity contribution in [3.63, 3.8) is 0 Å². The number of rotatable bonds is 19. The summed E-state index contributed by atoms with van der Waals surface area (Å²) in [7, 11) is 2.71. The number of ether oxygens (including phenoxy) is 10. The summed E-state index contributed by atoms with van der Waals surface area (Å²) in [6.45, 7) is 18.9. The second kappa shape index (κ2) is 65.4. The van der Waals surface area contributed by atoms with Crippen molar-refractivity contribution in [1.29, 1.82) is 5.26 Å². The minimum atomic E-state index is -1.000. The first kappa shape index (κ1) is 117. The average molecular weight is 2010 g/mol. The molecule has 7 saturated heterocycles. The van der Waals surface area contributed by atoms with Crippen molar-refractivity contribution >= 4 is 105 Å². The number of alkyl carbamates (subject to hydrolysis) is 1. The van der Waals surface area contributed by atoms with Crippen LogP contribution in [0.3, 0.4) is 0 Å². The van der Waals surface area contributed by atoms with Crippen LogP contribution in [0.1, 0.15) is 177 Å². The molecule has 34 nitrogen and oxygen atoms in total. The zero-order valence-electron chi connectivity index (χ0n) is 78.9. The molecule has 0 atom stereocenters. The zero-order chi connectivity index (χ0) is 94.8. The maximum absolute atomic E-state index is 12.1. The number of methoxy groups -OCH3 is 2. The number of anilines is 5. The first-order chi connectivity index (χ1) is 64.6. The van der Waals surface area contributed by atoms with E-state index in [0.717, 1.165) is 206 Å². The smallest absolute Gasteiger partial charge is 0.870 e. The molecule has 10 aromatic rings. The van der Waals surface area contributed by atoms with Gasteiger partial charge in [-0.15, -0.1) is 24.8 Å². The first-order valence-electron chi connectivity index (χ1n) is 45.2. The fourth-order valence-electron chi connectivity index (χ4n) is 14.5. The maximum atomic E-state index is 12.1. The molecule has 0 radical (unpaired) electrons. The summed E-state index contributed by atoms with van der Waals surface area (Å²) in [5.41, 5.74) is 25.1. The number of pyridine rings is 3. The van der Waals surface area contributed by atoms with E-state index in [1.807, 2.05) is 144 Å². The maximum Gasteiger partial charge on any atom is 1.00 e. The van der Waals surface area contributed by atoms with E-state index in [2.05, 4.69) is 68.8 Å². The van der Waals surface area contributed by atoms with Gasteiger partial charge >= 0.3 is 53.6 Å².